The zero-order valence-corrected chi connectivity index (χ0v) is 17.2. The summed E-state index contributed by atoms with van der Waals surface area (Å²) in [6, 6.07) is 13.6. The summed E-state index contributed by atoms with van der Waals surface area (Å²) >= 11 is 0. The van der Waals surface area contributed by atoms with Crippen LogP contribution in [0.4, 0.5) is 4.39 Å². The van der Waals surface area contributed by atoms with E-state index in [0.29, 0.717) is 36.3 Å². The Morgan fingerprint density at radius 1 is 1.10 bits per heavy atom. The Morgan fingerprint density at radius 2 is 1.93 bits per heavy atom. The number of hydrogen-bond acceptors (Lipinski definition) is 3. The van der Waals surface area contributed by atoms with Gasteiger partial charge < -0.3 is 14.5 Å². The van der Waals surface area contributed by atoms with E-state index in [-0.39, 0.29) is 36.3 Å². The van der Waals surface area contributed by atoms with E-state index < -0.39 is 0 Å². The molecule has 2 atom stereocenters. The second-order valence-electron chi connectivity index (χ2n) is 8.01. The van der Waals surface area contributed by atoms with Crippen molar-refractivity contribution in [2.75, 3.05) is 13.7 Å². The molecule has 158 valence electrons. The van der Waals surface area contributed by atoms with Crippen LogP contribution in [-0.2, 0) is 11.3 Å². The summed E-state index contributed by atoms with van der Waals surface area (Å²) in [6.45, 7) is 0.834. The smallest absolute Gasteiger partial charge is 0.254 e. The number of likely N-dealkylation sites (tertiary alicyclic amines) is 2. The van der Waals surface area contributed by atoms with Gasteiger partial charge in [-0.2, -0.15) is 0 Å². The van der Waals surface area contributed by atoms with E-state index in [1.807, 2.05) is 17.0 Å². The van der Waals surface area contributed by atoms with Gasteiger partial charge in [-0.15, -0.1) is 0 Å². The van der Waals surface area contributed by atoms with Gasteiger partial charge in [-0.25, -0.2) is 4.39 Å². The molecule has 2 aromatic rings. The van der Waals surface area contributed by atoms with Gasteiger partial charge in [-0.1, -0.05) is 30.7 Å². The van der Waals surface area contributed by atoms with Crippen LogP contribution in [0.25, 0.3) is 0 Å². The van der Waals surface area contributed by atoms with Crippen LogP contribution in [0, 0.1) is 5.82 Å². The van der Waals surface area contributed by atoms with E-state index in [4.69, 9.17) is 4.74 Å². The molecule has 2 aliphatic heterocycles. The van der Waals surface area contributed by atoms with Crippen LogP contribution in [-0.4, -0.2) is 47.4 Å². The molecule has 2 amide bonds. The molecule has 5 nitrogen and oxygen atoms in total. The Balaban J connectivity index is 1.60. The minimum Gasteiger partial charge on any atom is -0.497 e. The summed E-state index contributed by atoms with van der Waals surface area (Å²) in [5.74, 6) is 0.348. The van der Waals surface area contributed by atoms with Crippen molar-refractivity contribution in [3.8, 4) is 5.75 Å². The lowest BCUT2D eigenvalue weighted by Gasteiger charge is -2.37. The first-order chi connectivity index (χ1) is 14.6. The summed E-state index contributed by atoms with van der Waals surface area (Å²) in [7, 11) is 1.58. The summed E-state index contributed by atoms with van der Waals surface area (Å²) in [4.78, 5) is 29.9. The second kappa shape index (κ2) is 8.86. The molecule has 0 aromatic heterocycles. The number of fused-ring (bicyclic) bond motifs is 1. The fourth-order valence-electron chi connectivity index (χ4n) is 4.70. The van der Waals surface area contributed by atoms with Gasteiger partial charge in [0, 0.05) is 30.6 Å². The van der Waals surface area contributed by atoms with Gasteiger partial charge in [0.1, 0.15) is 11.6 Å². The Morgan fingerprint density at radius 3 is 2.73 bits per heavy atom. The molecule has 0 saturated carbocycles. The number of methoxy groups -OCH3 is 1. The third kappa shape index (κ3) is 4.04. The molecule has 2 fully saturated rings. The first kappa shape index (κ1) is 20.4. The first-order valence-electron chi connectivity index (χ1n) is 10.6. The van der Waals surface area contributed by atoms with Gasteiger partial charge in [0.05, 0.1) is 19.2 Å². The monoisotopic (exact) mass is 410 g/mol. The van der Waals surface area contributed by atoms with Crippen LogP contribution >= 0.6 is 0 Å². The summed E-state index contributed by atoms with van der Waals surface area (Å²) in [6.07, 6.45) is 3.73. The summed E-state index contributed by atoms with van der Waals surface area (Å²) in [5, 5.41) is 0. The number of amides is 2. The lowest BCUT2D eigenvalue weighted by Crippen LogP contribution is -2.49. The van der Waals surface area contributed by atoms with E-state index in [2.05, 4.69) is 0 Å². The average molecular weight is 410 g/mol. The van der Waals surface area contributed by atoms with E-state index in [0.717, 1.165) is 19.3 Å². The van der Waals surface area contributed by atoms with Gasteiger partial charge in [-0.05, 0) is 43.5 Å². The second-order valence-corrected chi connectivity index (χ2v) is 8.01. The van der Waals surface area contributed by atoms with Crippen LogP contribution in [0.3, 0.4) is 0 Å². The number of nitrogens with zero attached hydrogens (tertiary/aromatic N) is 2. The molecule has 0 aliphatic carbocycles. The van der Waals surface area contributed by atoms with Gasteiger partial charge >= 0.3 is 0 Å². The van der Waals surface area contributed by atoms with Crippen LogP contribution in [0.5, 0.6) is 5.75 Å². The Labute approximate surface area is 176 Å². The number of ether oxygens (including phenoxy) is 1. The normalized spacial score (nSPS) is 21.7. The Bertz CT molecular complexity index is 932. The minimum atomic E-state index is -0.300. The lowest BCUT2D eigenvalue weighted by molar-refractivity contribution is -0.135. The van der Waals surface area contributed by atoms with E-state index >= 15 is 0 Å². The van der Waals surface area contributed by atoms with Gasteiger partial charge in [0.25, 0.3) is 5.91 Å². The topological polar surface area (TPSA) is 49.9 Å². The van der Waals surface area contributed by atoms with Crippen molar-refractivity contribution >= 4 is 11.8 Å². The van der Waals surface area contributed by atoms with Gasteiger partial charge in [0.2, 0.25) is 5.91 Å². The highest BCUT2D eigenvalue weighted by atomic mass is 19.1. The maximum absolute atomic E-state index is 14.3. The molecular formula is C24H27FN2O3. The summed E-state index contributed by atoms with van der Waals surface area (Å²) < 4.78 is 19.5. The standard InChI is InChI=1S/C24H27FN2O3/c1-30-19-9-6-8-17(15-19)24(29)26-14-13-22-21(26)11-4-5-12-23(28)27(22)16-18-7-2-3-10-20(18)25/h2-3,6-10,15,21-22H,4-5,11-14,16H2,1H3/t21-,22+/m1/s1. The maximum atomic E-state index is 14.3. The van der Waals surface area contributed by atoms with Crippen molar-refractivity contribution in [1.82, 2.24) is 9.80 Å². The molecule has 2 aromatic carbocycles. The number of halogens is 1. The SMILES string of the molecule is COc1cccc(C(=O)N2CC[C@H]3[C@H]2CCCCC(=O)N3Cc2ccccc2F)c1. The van der Waals surface area contributed by atoms with Gasteiger partial charge in [0.15, 0.2) is 0 Å². The fraction of sp³-hybridized carbons (Fsp3) is 0.417. The summed E-state index contributed by atoms with van der Waals surface area (Å²) in [5.41, 5.74) is 1.10. The highest BCUT2D eigenvalue weighted by molar-refractivity contribution is 5.95. The molecule has 0 N–H and O–H groups in total. The van der Waals surface area contributed by atoms with Crippen molar-refractivity contribution in [3.63, 3.8) is 0 Å². The largest absolute Gasteiger partial charge is 0.497 e. The third-order valence-electron chi connectivity index (χ3n) is 6.25. The quantitative estimate of drug-likeness (QED) is 0.765. The van der Waals surface area contributed by atoms with Crippen LogP contribution < -0.4 is 4.74 Å². The van der Waals surface area contributed by atoms with Crippen molar-refractivity contribution in [3.05, 3.63) is 65.5 Å². The molecule has 0 bridgehead atoms. The Hall–Kier alpha value is -2.89. The minimum absolute atomic E-state index is 0.0414. The average Bonchev–Trinajstić information content (AvgIpc) is 3.17. The van der Waals surface area contributed by atoms with Crippen LogP contribution in [0.1, 0.15) is 48.0 Å². The molecule has 2 heterocycles. The molecule has 2 saturated heterocycles. The number of rotatable bonds is 4. The third-order valence-corrected chi connectivity index (χ3v) is 6.25. The predicted molar refractivity (Wildman–Crippen MR) is 112 cm³/mol. The maximum Gasteiger partial charge on any atom is 0.254 e. The first-order valence-corrected chi connectivity index (χ1v) is 10.6. The number of hydrogen-bond donors (Lipinski definition) is 0. The molecule has 30 heavy (non-hydrogen) atoms. The Kier molecular flexibility index (Phi) is 6.02. The molecular weight excluding hydrogens is 383 g/mol. The highest BCUT2D eigenvalue weighted by Crippen LogP contribution is 2.32. The fourth-order valence-corrected chi connectivity index (χ4v) is 4.70. The van der Waals surface area contributed by atoms with Crippen molar-refractivity contribution in [1.29, 1.82) is 0 Å². The molecule has 0 radical (unpaired) electrons. The highest BCUT2D eigenvalue weighted by Gasteiger charge is 2.42. The molecule has 6 heteroatoms. The van der Waals surface area contributed by atoms with Crippen molar-refractivity contribution in [2.24, 2.45) is 0 Å². The zero-order valence-electron chi connectivity index (χ0n) is 17.2. The number of benzene rings is 2. The molecule has 0 spiro atoms. The molecule has 4 rings (SSSR count). The van der Waals surface area contributed by atoms with E-state index in [1.165, 1.54) is 6.07 Å². The van der Waals surface area contributed by atoms with Crippen LogP contribution in [0.15, 0.2) is 48.5 Å². The molecule has 2 aliphatic rings. The van der Waals surface area contributed by atoms with Crippen molar-refractivity contribution in [2.45, 2.75) is 50.7 Å². The number of carbonyl (C=O) groups excluding carboxylic acids is 2. The number of carbonyl (C=O) groups is 2. The van der Waals surface area contributed by atoms with E-state index in [9.17, 15) is 14.0 Å². The van der Waals surface area contributed by atoms with E-state index in [1.54, 1.807) is 42.3 Å². The van der Waals surface area contributed by atoms with Gasteiger partial charge in [-0.3, -0.25) is 9.59 Å². The zero-order chi connectivity index (χ0) is 21.1. The van der Waals surface area contributed by atoms with Crippen LogP contribution in [0.2, 0.25) is 0 Å². The van der Waals surface area contributed by atoms with Crippen molar-refractivity contribution < 1.29 is 18.7 Å². The predicted octanol–water partition coefficient (Wildman–Crippen LogP) is 4.02. The molecule has 0 unspecified atom stereocenters. The lowest BCUT2D eigenvalue weighted by atomic mass is 9.96.